The highest BCUT2D eigenvalue weighted by Crippen LogP contribution is 2.32. The molecule has 2 aromatic carbocycles. The molecular formula is C29H34Cl2N4O2. The molecule has 8 heteroatoms. The Morgan fingerprint density at radius 2 is 1.95 bits per heavy atom. The van der Waals surface area contributed by atoms with Crippen LogP contribution in [0.3, 0.4) is 0 Å². The fourth-order valence-electron chi connectivity index (χ4n) is 5.08. The summed E-state index contributed by atoms with van der Waals surface area (Å²) in [5.74, 6) is 0.353. The van der Waals surface area contributed by atoms with Crippen LogP contribution in [0.5, 0.6) is 0 Å². The minimum Gasteiger partial charge on any atom is -0.350 e. The number of carbonyl (C=O) groups excluding carboxylic acids is 2. The van der Waals surface area contributed by atoms with E-state index in [1.54, 1.807) is 18.2 Å². The maximum absolute atomic E-state index is 13.6. The van der Waals surface area contributed by atoms with Gasteiger partial charge in [-0.3, -0.25) is 9.59 Å². The summed E-state index contributed by atoms with van der Waals surface area (Å²) in [5.41, 5.74) is 7.56. The van der Waals surface area contributed by atoms with Gasteiger partial charge in [-0.2, -0.15) is 0 Å². The van der Waals surface area contributed by atoms with Gasteiger partial charge in [0.15, 0.2) is 0 Å². The van der Waals surface area contributed by atoms with E-state index in [1.165, 1.54) is 5.56 Å². The van der Waals surface area contributed by atoms with Gasteiger partial charge >= 0.3 is 0 Å². The van der Waals surface area contributed by atoms with E-state index < -0.39 is 6.04 Å². The molecule has 2 aromatic rings. The van der Waals surface area contributed by atoms with Crippen molar-refractivity contribution in [2.45, 2.75) is 37.3 Å². The zero-order chi connectivity index (χ0) is 26.2. The number of hydrogen-bond acceptors (Lipinski definition) is 4. The molecule has 1 heterocycles. The number of nitrogens with zero attached hydrogens (tertiary/aromatic N) is 1. The number of nitrogens with one attached hydrogen (secondary N) is 2. The summed E-state index contributed by atoms with van der Waals surface area (Å²) in [6.45, 7) is 2.03. The second-order valence-electron chi connectivity index (χ2n) is 9.64. The second-order valence-corrected chi connectivity index (χ2v) is 10.4. The van der Waals surface area contributed by atoms with E-state index in [2.05, 4.69) is 59.2 Å². The van der Waals surface area contributed by atoms with Crippen LogP contribution < -0.4 is 16.4 Å². The lowest BCUT2D eigenvalue weighted by molar-refractivity contribution is -0.133. The summed E-state index contributed by atoms with van der Waals surface area (Å²) in [6.07, 6.45) is 10.8. The van der Waals surface area contributed by atoms with Crippen molar-refractivity contribution in [3.63, 3.8) is 0 Å². The molecule has 4 N–H and O–H groups in total. The second kappa shape index (κ2) is 13.2. The number of rotatable bonds is 9. The fraction of sp³-hybridized carbons (Fsp3) is 0.379. The summed E-state index contributed by atoms with van der Waals surface area (Å²) in [7, 11) is 0. The summed E-state index contributed by atoms with van der Waals surface area (Å²) < 4.78 is 0. The predicted molar refractivity (Wildman–Crippen MR) is 150 cm³/mol. The smallest absolute Gasteiger partial charge is 0.251 e. The van der Waals surface area contributed by atoms with Crippen LogP contribution in [-0.4, -0.2) is 55.0 Å². The lowest BCUT2D eigenvalue weighted by Gasteiger charge is -2.32. The number of halogens is 2. The Labute approximate surface area is 228 Å². The van der Waals surface area contributed by atoms with E-state index in [0.29, 0.717) is 54.1 Å². The summed E-state index contributed by atoms with van der Waals surface area (Å²) in [4.78, 5) is 28.3. The molecule has 6 nitrogen and oxygen atoms in total. The summed E-state index contributed by atoms with van der Waals surface area (Å²) >= 11 is 12.0. The lowest BCUT2D eigenvalue weighted by Crippen LogP contribution is -2.50. The molecule has 2 unspecified atom stereocenters. The normalized spacial score (nSPS) is 22.5. The highest BCUT2D eigenvalue weighted by Gasteiger charge is 2.33. The predicted octanol–water partition coefficient (Wildman–Crippen LogP) is 4.55. The van der Waals surface area contributed by atoms with Gasteiger partial charge < -0.3 is 21.3 Å². The quantitative estimate of drug-likeness (QED) is 0.435. The van der Waals surface area contributed by atoms with Gasteiger partial charge in [-0.1, -0.05) is 77.8 Å². The van der Waals surface area contributed by atoms with Crippen molar-refractivity contribution in [1.29, 1.82) is 0 Å². The maximum Gasteiger partial charge on any atom is 0.251 e. The molecule has 0 bridgehead atoms. The van der Waals surface area contributed by atoms with Crippen LogP contribution in [0.2, 0.25) is 10.0 Å². The molecule has 2 aliphatic rings. The van der Waals surface area contributed by atoms with Crippen LogP contribution >= 0.6 is 23.2 Å². The van der Waals surface area contributed by atoms with Crippen molar-refractivity contribution >= 4 is 35.0 Å². The monoisotopic (exact) mass is 540 g/mol. The molecule has 0 radical (unpaired) electrons. The van der Waals surface area contributed by atoms with Gasteiger partial charge in [0.05, 0.1) is 16.1 Å². The SMILES string of the molecule is NCC[C@@H]1N[C@H](CNC(=O)c2ccc(Cl)c(Cl)c2)CCN(CC(c2ccccc2)C2C=CC=CC2)C1=O. The third-order valence-corrected chi connectivity index (χ3v) is 7.85. The fourth-order valence-corrected chi connectivity index (χ4v) is 5.37. The van der Waals surface area contributed by atoms with E-state index in [4.69, 9.17) is 28.9 Å². The Bertz CT molecular complexity index is 1140. The Morgan fingerprint density at radius 1 is 1.14 bits per heavy atom. The van der Waals surface area contributed by atoms with Crippen LogP contribution in [-0.2, 0) is 4.79 Å². The first kappa shape index (κ1) is 27.4. The molecule has 2 amide bonds. The number of hydrogen-bond donors (Lipinski definition) is 3. The van der Waals surface area contributed by atoms with Crippen molar-refractivity contribution in [3.8, 4) is 0 Å². The molecular weight excluding hydrogens is 507 g/mol. The molecule has 4 atom stereocenters. The molecule has 196 valence electrons. The minimum absolute atomic E-state index is 0.0649. The van der Waals surface area contributed by atoms with E-state index in [-0.39, 0.29) is 23.8 Å². The van der Waals surface area contributed by atoms with E-state index >= 15 is 0 Å². The zero-order valence-electron chi connectivity index (χ0n) is 20.8. The number of carbonyl (C=O) groups is 2. The van der Waals surface area contributed by atoms with Crippen LogP contribution in [0.1, 0.15) is 41.1 Å². The van der Waals surface area contributed by atoms with Gasteiger partial charge in [-0.05, 0) is 55.5 Å². The average molecular weight is 542 g/mol. The Kier molecular flexibility index (Phi) is 9.81. The summed E-state index contributed by atoms with van der Waals surface area (Å²) in [5, 5.41) is 7.17. The van der Waals surface area contributed by atoms with Crippen LogP contribution in [0.15, 0.2) is 72.8 Å². The third-order valence-electron chi connectivity index (χ3n) is 7.12. The van der Waals surface area contributed by atoms with Gasteiger partial charge in [0, 0.05) is 37.2 Å². The number of benzene rings is 2. The number of allylic oxidation sites excluding steroid dienone is 4. The first-order valence-electron chi connectivity index (χ1n) is 12.8. The molecule has 1 saturated heterocycles. The van der Waals surface area contributed by atoms with Crippen LogP contribution in [0.4, 0.5) is 0 Å². The van der Waals surface area contributed by atoms with Crippen molar-refractivity contribution in [2.75, 3.05) is 26.2 Å². The first-order valence-corrected chi connectivity index (χ1v) is 13.6. The standard InChI is InChI=1S/C29H34Cl2N4O2/c30-25-12-11-22(17-26(25)31)28(36)33-18-23-14-16-35(29(37)27(34-23)13-15-32)19-24(20-7-3-1-4-8-20)21-9-5-2-6-10-21/h1-9,11-12,17,21,23-24,27,34H,10,13-16,18-19,32H2,(H,33,36)/t21?,23-,24?,27-/m0/s1. The molecule has 0 aromatic heterocycles. The van der Waals surface area contributed by atoms with E-state index in [9.17, 15) is 9.59 Å². The van der Waals surface area contributed by atoms with E-state index in [0.717, 1.165) is 12.8 Å². The van der Waals surface area contributed by atoms with Crippen molar-refractivity contribution < 1.29 is 9.59 Å². The lowest BCUT2D eigenvalue weighted by atomic mass is 9.81. The number of amides is 2. The molecule has 4 rings (SSSR count). The highest BCUT2D eigenvalue weighted by atomic mass is 35.5. The number of nitrogens with two attached hydrogens (primary N) is 1. The van der Waals surface area contributed by atoms with E-state index in [1.807, 2.05) is 11.0 Å². The third kappa shape index (κ3) is 7.23. The van der Waals surface area contributed by atoms with Crippen molar-refractivity contribution in [1.82, 2.24) is 15.5 Å². The van der Waals surface area contributed by atoms with Gasteiger partial charge in [0.2, 0.25) is 5.91 Å². The molecule has 0 spiro atoms. The largest absolute Gasteiger partial charge is 0.350 e. The maximum atomic E-state index is 13.6. The van der Waals surface area contributed by atoms with Gasteiger partial charge in [0.25, 0.3) is 5.91 Å². The topological polar surface area (TPSA) is 87.5 Å². The molecule has 1 aliphatic heterocycles. The Morgan fingerprint density at radius 3 is 2.65 bits per heavy atom. The Balaban J connectivity index is 1.45. The molecule has 37 heavy (non-hydrogen) atoms. The van der Waals surface area contributed by atoms with Crippen molar-refractivity contribution in [3.05, 3.63) is 94.0 Å². The molecule has 1 fully saturated rings. The van der Waals surface area contributed by atoms with Crippen molar-refractivity contribution in [2.24, 2.45) is 11.7 Å². The molecule has 0 saturated carbocycles. The van der Waals surface area contributed by atoms with Gasteiger partial charge in [-0.25, -0.2) is 0 Å². The van der Waals surface area contributed by atoms with Gasteiger partial charge in [0.1, 0.15) is 0 Å². The summed E-state index contributed by atoms with van der Waals surface area (Å²) in [6, 6.07) is 14.8. The first-order chi connectivity index (χ1) is 18.0. The van der Waals surface area contributed by atoms with Crippen LogP contribution in [0, 0.1) is 5.92 Å². The van der Waals surface area contributed by atoms with Gasteiger partial charge in [-0.15, -0.1) is 0 Å². The Hall–Kier alpha value is -2.64. The average Bonchev–Trinajstić information content (AvgIpc) is 3.07. The highest BCUT2D eigenvalue weighted by molar-refractivity contribution is 6.42. The zero-order valence-corrected chi connectivity index (χ0v) is 22.3. The molecule has 1 aliphatic carbocycles. The minimum atomic E-state index is -0.391. The van der Waals surface area contributed by atoms with Crippen LogP contribution in [0.25, 0.3) is 0 Å².